The Balaban J connectivity index is 1.66. The molecule has 0 saturated carbocycles. The highest BCUT2D eigenvalue weighted by Crippen LogP contribution is 2.26. The molecule has 0 fully saturated rings. The molecular weight excluding hydrogens is 444 g/mol. The number of sulfonamides is 1. The lowest BCUT2D eigenvalue weighted by molar-refractivity contribution is 0.0953. The van der Waals surface area contributed by atoms with E-state index in [4.69, 9.17) is 11.6 Å². The van der Waals surface area contributed by atoms with E-state index in [1.807, 2.05) is 26.8 Å². The van der Waals surface area contributed by atoms with Gasteiger partial charge in [0, 0.05) is 17.8 Å². The molecular formula is C25H27ClN2O3S. The Kier molecular flexibility index (Phi) is 7.59. The molecule has 0 atom stereocenters. The van der Waals surface area contributed by atoms with Gasteiger partial charge in [-0.05, 0) is 80.6 Å². The van der Waals surface area contributed by atoms with Crippen LogP contribution in [0.4, 0.5) is 5.69 Å². The predicted octanol–water partition coefficient (Wildman–Crippen LogP) is 5.43. The van der Waals surface area contributed by atoms with E-state index >= 15 is 0 Å². The second-order valence-electron chi connectivity index (χ2n) is 7.89. The first-order valence-corrected chi connectivity index (χ1v) is 12.3. The van der Waals surface area contributed by atoms with Crippen molar-refractivity contribution in [3.8, 4) is 0 Å². The van der Waals surface area contributed by atoms with Crippen molar-refractivity contribution in [1.82, 2.24) is 5.32 Å². The minimum atomic E-state index is -3.96. The fraction of sp³-hybridized carbons (Fsp3) is 0.240. The first kappa shape index (κ1) is 23.8. The van der Waals surface area contributed by atoms with E-state index in [9.17, 15) is 13.2 Å². The summed E-state index contributed by atoms with van der Waals surface area (Å²) in [5, 5.41) is 2.90. The van der Waals surface area contributed by atoms with E-state index in [1.165, 1.54) is 29.3 Å². The van der Waals surface area contributed by atoms with E-state index in [2.05, 4.69) is 34.3 Å². The van der Waals surface area contributed by atoms with E-state index in [-0.39, 0.29) is 21.4 Å². The summed E-state index contributed by atoms with van der Waals surface area (Å²) in [6.07, 6.45) is 1.63. The number of benzene rings is 3. The summed E-state index contributed by atoms with van der Waals surface area (Å²) >= 11 is 6.16. The number of anilines is 1. The standard InChI is InChI=1S/C25H27ClN2O3S/c1-17-6-9-20(10-7-17)5-4-14-27-25(29)21-11-13-23(26)24(16-21)32(30,31)28-22-12-8-18(2)19(3)15-22/h6-13,15-16,28H,4-5,14H2,1-3H3,(H,27,29). The highest BCUT2D eigenvalue weighted by atomic mass is 35.5. The second kappa shape index (κ2) is 10.2. The van der Waals surface area contributed by atoms with Crippen LogP contribution in [0.1, 0.15) is 39.0 Å². The quantitative estimate of drug-likeness (QED) is 0.431. The van der Waals surface area contributed by atoms with Gasteiger partial charge in [-0.3, -0.25) is 9.52 Å². The van der Waals surface area contributed by atoms with Crippen LogP contribution in [0.25, 0.3) is 0 Å². The number of amides is 1. The summed E-state index contributed by atoms with van der Waals surface area (Å²) in [5.41, 5.74) is 5.13. The zero-order chi connectivity index (χ0) is 23.3. The molecule has 5 nitrogen and oxygen atoms in total. The minimum absolute atomic E-state index is 0.0530. The van der Waals surface area contributed by atoms with Crippen LogP contribution >= 0.6 is 11.6 Å². The lowest BCUT2D eigenvalue weighted by Crippen LogP contribution is -2.25. The van der Waals surface area contributed by atoms with Crippen LogP contribution < -0.4 is 10.0 Å². The van der Waals surface area contributed by atoms with E-state index in [1.54, 1.807) is 12.1 Å². The zero-order valence-corrected chi connectivity index (χ0v) is 20.0. The van der Waals surface area contributed by atoms with Gasteiger partial charge in [0.2, 0.25) is 0 Å². The molecule has 3 aromatic rings. The first-order chi connectivity index (χ1) is 15.2. The van der Waals surface area contributed by atoms with Crippen LogP contribution in [-0.4, -0.2) is 20.9 Å². The molecule has 7 heteroatoms. The van der Waals surface area contributed by atoms with Crippen molar-refractivity contribution in [3.63, 3.8) is 0 Å². The Bertz CT molecular complexity index is 1220. The molecule has 3 rings (SSSR count). The van der Waals surface area contributed by atoms with Gasteiger partial charge in [-0.15, -0.1) is 0 Å². The largest absolute Gasteiger partial charge is 0.352 e. The molecule has 0 aliphatic carbocycles. The molecule has 0 aliphatic heterocycles. The number of nitrogens with one attached hydrogen (secondary N) is 2. The van der Waals surface area contributed by atoms with Gasteiger partial charge in [-0.25, -0.2) is 8.42 Å². The van der Waals surface area contributed by atoms with Crippen molar-refractivity contribution in [2.24, 2.45) is 0 Å². The summed E-state index contributed by atoms with van der Waals surface area (Å²) in [6.45, 7) is 6.39. The monoisotopic (exact) mass is 470 g/mol. The molecule has 0 spiro atoms. The third kappa shape index (κ3) is 6.11. The molecule has 3 aromatic carbocycles. The zero-order valence-electron chi connectivity index (χ0n) is 18.4. The van der Waals surface area contributed by atoms with Gasteiger partial charge >= 0.3 is 0 Å². The SMILES string of the molecule is Cc1ccc(CCCNC(=O)c2ccc(Cl)c(S(=O)(=O)Nc3ccc(C)c(C)c3)c2)cc1. The molecule has 0 aliphatic rings. The van der Waals surface area contributed by atoms with E-state index in [0.717, 1.165) is 24.0 Å². The van der Waals surface area contributed by atoms with Crippen LogP contribution in [0.5, 0.6) is 0 Å². The number of aryl methyl sites for hydroxylation is 4. The minimum Gasteiger partial charge on any atom is -0.352 e. The van der Waals surface area contributed by atoms with Crippen LogP contribution in [-0.2, 0) is 16.4 Å². The van der Waals surface area contributed by atoms with Gasteiger partial charge in [-0.1, -0.05) is 47.5 Å². The number of rotatable bonds is 8. The molecule has 0 aromatic heterocycles. The lowest BCUT2D eigenvalue weighted by Gasteiger charge is -2.12. The Morgan fingerprint density at radius 1 is 0.906 bits per heavy atom. The average molecular weight is 471 g/mol. The highest BCUT2D eigenvalue weighted by molar-refractivity contribution is 7.92. The molecule has 32 heavy (non-hydrogen) atoms. The summed E-state index contributed by atoms with van der Waals surface area (Å²) in [4.78, 5) is 12.4. The van der Waals surface area contributed by atoms with Crippen molar-refractivity contribution < 1.29 is 13.2 Å². The van der Waals surface area contributed by atoms with Crippen molar-refractivity contribution >= 4 is 33.2 Å². The Morgan fingerprint density at radius 2 is 1.62 bits per heavy atom. The average Bonchev–Trinajstić information content (AvgIpc) is 2.75. The van der Waals surface area contributed by atoms with Gasteiger partial charge < -0.3 is 5.32 Å². The summed E-state index contributed by atoms with van der Waals surface area (Å²) < 4.78 is 28.4. The number of carbonyl (C=O) groups is 1. The number of halogens is 1. The van der Waals surface area contributed by atoms with E-state index in [0.29, 0.717) is 12.2 Å². The van der Waals surface area contributed by atoms with Gasteiger partial charge in [-0.2, -0.15) is 0 Å². The molecule has 2 N–H and O–H groups in total. The molecule has 0 radical (unpaired) electrons. The maximum Gasteiger partial charge on any atom is 0.263 e. The molecule has 0 heterocycles. The van der Waals surface area contributed by atoms with Crippen molar-refractivity contribution in [2.75, 3.05) is 11.3 Å². The maximum absolute atomic E-state index is 12.9. The van der Waals surface area contributed by atoms with Crippen LogP contribution in [0.15, 0.2) is 65.6 Å². The molecule has 0 unspecified atom stereocenters. The van der Waals surface area contributed by atoms with Crippen molar-refractivity contribution in [2.45, 2.75) is 38.5 Å². The molecule has 1 amide bonds. The smallest absolute Gasteiger partial charge is 0.263 e. The highest BCUT2D eigenvalue weighted by Gasteiger charge is 2.20. The fourth-order valence-electron chi connectivity index (χ4n) is 3.22. The summed E-state index contributed by atoms with van der Waals surface area (Å²) in [5.74, 6) is -0.340. The first-order valence-electron chi connectivity index (χ1n) is 10.4. The van der Waals surface area contributed by atoms with Crippen molar-refractivity contribution in [1.29, 1.82) is 0 Å². The van der Waals surface area contributed by atoms with Gasteiger partial charge in [0.25, 0.3) is 15.9 Å². The second-order valence-corrected chi connectivity index (χ2v) is 9.95. The van der Waals surface area contributed by atoms with Crippen LogP contribution in [0.3, 0.4) is 0 Å². The molecule has 168 valence electrons. The number of hydrogen-bond acceptors (Lipinski definition) is 3. The Morgan fingerprint density at radius 3 is 2.31 bits per heavy atom. The summed E-state index contributed by atoms with van der Waals surface area (Å²) in [6, 6.07) is 17.8. The molecule has 0 bridgehead atoms. The maximum atomic E-state index is 12.9. The van der Waals surface area contributed by atoms with Crippen LogP contribution in [0.2, 0.25) is 5.02 Å². The number of hydrogen-bond donors (Lipinski definition) is 2. The van der Waals surface area contributed by atoms with Gasteiger partial charge in [0.1, 0.15) is 4.90 Å². The third-order valence-corrected chi connectivity index (χ3v) is 7.15. The number of carbonyl (C=O) groups excluding carboxylic acids is 1. The normalized spacial score (nSPS) is 11.2. The van der Waals surface area contributed by atoms with Crippen LogP contribution in [0, 0.1) is 20.8 Å². The fourth-order valence-corrected chi connectivity index (χ4v) is 4.79. The van der Waals surface area contributed by atoms with E-state index < -0.39 is 10.0 Å². The van der Waals surface area contributed by atoms with Crippen molar-refractivity contribution in [3.05, 3.63) is 93.5 Å². The van der Waals surface area contributed by atoms with Gasteiger partial charge in [0.15, 0.2) is 0 Å². The molecule has 0 saturated heterocycles. The lowest BCUT2D eigenvalue weighted by atomic mass is 10.1. The topological polar surface area (TPSA) is 75.3 Å². The predicted molar refractivity (Wildman–Crippen MR) is 130 cm³/mol. The Labute approximate surface area is 194 Å². The third-order valence-electron chi connectivity index (χ3n) is 5.29. The Hall–Kier alpha value is -2.83. The van der Waals surface area contributed by atoms with Gasteiger partial charge in [0.05, 0.1) is 5.02 Å². The summed E-state index contributed by atoms with van der Waals surface area (Å²) in [7, 11) is -3.96.